The van der Waals surface area contributed by atoms with E-state index in [9.17, 15) is 43.5 Å². The van der Waals surface area contributed by atoms with Crippen LogP contribution in [-0.4, -0.2) is 86.8 Å². The third-order valence-electron chi connectivity index (χ3n) is 7.43. The third-order valence-corrected chi connectivity index (χ3v) is 7.43. The van der Waals surface area contributed by atoms with E-state index in [1.54, 1.807) is 13.8 Å². The van der Waals surface area contributed by atoms with Crippen LogP contribution in [0.1, 0.15) is 64.9 Å². The molecule has 0 aliphatic carbocycles. The molecular formula is C33H42N4O11. The Balaban J connectivity index is 2.16. The molecule has 15 heteroatoms. The topological polar surface area (TPSA) is 245 Å². The number of aryl methyl sites for hydroxylation is 1. The van der Waals surface area contributed by atoms with Gasteiger partial charge in [-0.05, 0) is 41.5 Å². The van der Waals surface area contributed by atoms with Crippen LogP contribution in [0.4, 0.5) is 0 Å². The smallest absolute Gasteiger partial charge is 0.305 e. The van der Waals surface area contributed by atoms with Gasteiger partial charge in [0.1, 0.15) is 18.1 Å². The van der Waals surface area contributed by atoms with Crippen molar-refractivity contribution in [1.82, 2.24) is 21.3 Å². The molecule has 0 saturated carbocycles. The summed E-state index contributed by atoms with van der Waals surface area (Å²) >= 11 is 0. The lowest BCUT2D eigenvalue weighted by Gasteiger charge is -2.27. The maximum atomic E-state index is 13.4. The van der Waals surface area contributed by atoms with E-state index in [0.717, 1.165) is 23.3 Å². The maximum Gasteiger partial charge on any atom is 0.305 e. The Bertz CT molecular complexity index is 1500. The van der Waals surface area contributed by atoms with Crippen molar-refractivity contribution in [1.29, 1.82) is 0 Å². The number of Topliss-reactive ketones (excluding diaryl/α,β-unsaturated/α-hetero) is 1. The average Bonchev–Trinajstić information content (AvgIpc) is 3.00. The van der Waals surface area contributed by atoms with Crippen LogP contribution in [0.3, 0.4) is 0 Å². The number of ketones is 1. The van der Waals surface area contributed by atoms with Crippen LogP contribution in [0.2, 0.25) is 0 Å². The van der Waals surface area contributed by atoms with Crippen molar-refractivity contribution < 1.29 is 53.7 Å². The van der Waals surface area contributed by atoms with E-state index in [-0.39, 0.29) is 6.42 Å². The molecule has 2 aromatic rings. The van der Waals surface area contributed by atoms with Gasteiger partial charge in [0.25, 0.3) is 0 Å². The summed E-state index contributed by atoms with van der Waals surface area (Å²) in [5.74, 6) is -8.86. The summed E-state index contributed by atoms with van der Waals surface area (Å²) in [4.78, 5) is 98.1. The highest BCUT2D eigenvalue weighted by atomic mass is 16.4. The Morgan fingerprint density at radius 1 is 0.646 bits per heavy atom. The summed E-state index contributed by atoms with van der Waals surface area (Å²) in [5.41, 5.74) is 1.01. The van der Waals surface area contributed by atoms with E-state index in [4.69, 9.17) is 10.2 Å². The number of carboxylic acid groups (broad SMARTS) is 3. The zero-order valence-corrected chi connectivity index (χ0v) is 27.0. The second-order valence-corrected chi connectivity index (χ2v) is 11.7. The van der Waals surface area contributed by atoms with Gasteiger partial charge in [0.2, 0.25) is 23.6 Å². The van der Waals surface area contributed by atoms with Gasteiger partial charge in [-0.2, -0.15) is 0 Å². The summed E-state index contributed by atoms with van der Waals surface area (Å²) in [6.45, 7) is 4.18. The van der Waals surface area contributed by atoms with E-state index >= 15 is 0 Å². The van der Waals surface area contributed by atoms with Gasteiger partial charge in [0.15, 0.2) is 5.78 Å². The standard InChI is InChI=1S/C33H42N4O11/c1-18(2)30(37-31(46)23(14-15-27(40)41)35-32(47)25(17-29(44)45)34-19(3)38)33(48)36-24(16-28(42)43)26(39)13-7-11-21-10-6-9-20-8-4-5-12-22(20)21/h4-6,8-10,12,18,23-25,30H,7,11,13-17H2,1-3H3,(H,34,38)(H,35,47)(H,36,48)(H,37,46)(H,40,41)(H,42,43)(H,44,45). The molecular weight excluding hydrogens is 628 g/mol. The van der Waals surface area contributed by atoms with Crippen molar-refractivity contribution in [3.05, 3.63) is 48.0 Å². The summed E-state index contributed by atoms with van der Waals surface area (Å²) < 4.78 is 0. The number of nitrogens with one attached hydrogen (secondary N) is 4. The Kier molecular flexibility index (Phi) is 15.1. The molecule has 2 aromatic carbocycles. The molecule has 48 heavy (non-hydrogen) atoms. The first kappa shape index (κ1) is 38.8. The summed E-state index contributed by atoms with van der Waals surface area (Å²) in [6, 6.07) is 7.70. The van der Waals surface area contributed by atoms with Crippen LogP contribution in [0.5, 0.6) is 0 Å². The molecule has 0 saturated heterocycles. The van der Waals surface area contributed by atoms with Crippen molar-refractivity contribution in [3.8, 4) is 0 Å². The highest BCUT2D eigenvalue weighted by molar-refractivity contribution is 5.97. The molecule has 0 aliphatic heterocycles. The molecule has 15 nitrogen and oxygen atoms in total. The van der Waals surface area contributed by atoms with Crippen LogP contribution in [-0.2, 0) is 44.8 Å². The predicted octanol–water partition coefficient (Wildman–Crippen LogP) is 1.16. The van der Waals surface area contributed by atoms with Gasteiger partial charge in [-0.1, -0.05) is 56.3 Å². The van der Waals surface area contributed by atoms with Gasteiger partial charge >= 0.3 is 17.9 Å². The first-order valence-electron chi connectivity index (χ1n) is 15.4. The molecule has 0 fully saturated rings. The largest absolute Gasteiger partial charge is 0.481 e. The SMILES string of the molecule is CC(=O)NC(CC(=O)O)C(=O)NC(CCC(=O)O)C(=O)NC(C(=O)NC(CC(=O)O)C(=O)CCCc1cccc2ccccc12)C(C)C. The van der Waals surface area contributed by atoms with Gasteiger partial charge in [0.05, 0.1) is 18.9 Å². The van der Waals surface area contributed by atoms with Gasteiger partial charge < -0.3 is 36.6 Å². The first-order valence-corrected chi connectivity index (χ1v) is 15.4. The molecule has 0 heterocycles. The number of benzene rings is 2. The Hall–Kier alpha value is -5.34. The number of rotatable bonds is 20. The number of carboxylic acids is 3. The predicted molar refractivity (Wildman–Crippen MR) is 172 cm³/mol. The highest BCUT2D eigenvalue weighted by Gasteiger charge is 2.33. The molecule has 0 bridgehead atoms. The van der Waals surface area contributed by atoms with Crippen molar-refractivity contribution >= 4 is 58.1 Å². The average molecular weight is 671 g/mol. The lowest BCUT2D eigenvalue weighted by Crippen LogP contribution is -2.59. The summed E-state index contributed by atoms with van der Waals surface area (Å²) in [6.07, 6.45) is -1.68. The summed E-state index contributed by atoms with van der Waals surface area (Å²) in [7, 11) is 0. The zero-order valence-electron chi connectivity index (χ0n) is 27.0. The third kappa shape index (κ3) is 12.8. The van der Waals surface area contributed by atoms with Gasteiger partial charge in [-0.15, -0.1) is 0 Å². The lowest BCUT2D eigenvalue weighted by molar-refractivity contribution is -0.142. The second-order valence-electron chi connectivity index (χ2n) is 11.7. The first-order chi connectivity index (χ1) is 22.6. The minimum Gasteiger partial charge on any atom is -0.481 e. The normalized spacial score (nSPS) is 13.4. The Morgan fingerprint density at radius 2 is 1.23 bits per heavy atom. The van der Waals surface area contributed by atoms with E-state index in [0.29, 0.717) is 12.8 Å². The van der Waals surface area contributed by atoms with Gasteiger partial charge in [0, 0.05) is 19.8 Å². The maximum absolute atomic E-state index is 13.4. The van der Waals surface area contributed by atoms with Crippen molar-refractivity contribution in [2.75, 3.05) is 0 Å². The molecule has 4 unspecified atom stereocenters. The fourth-order valence-electron chi connectivity index (χ4n) is 5.05. The minimum atomic E-state index is -1.58. The molecule has 7 N–H and O–H groups in total. The molecule has 0 spiro atoms. The van der Waals surface area contributed by atoms with Gasteiger partial charge in [-0.25, -0.2) is 0 Å². The Labute approximate surface area is 276 Å². The monoisotopic (exact) mass is 670 g/mol. The second kappa shape index (κ2) is 18.7. The van der Waals surface area contributed by atoms with Crippen LogP contribution in [0, 0.1) is 5.92 Å². The van der Waals surface area contributed by atoms with Crippen LogP contribution in [0.25, 0.3) is 10.8 Å². The molecule has 0 radical (unpaired) electrons. The molecule has 4 amide bonds. The highest BCUT2D eigenvalue weighted by Crippen LogP contribution is 2.20. The molecule has 2 rings (SSSR count). The van der Waals surface area contributed by atoms with Crippen molar-refractivity contribution in [2.24, 2.45) is 5.92 Å². The van der Waals surface area contributed by atoms with E-state index < -0.39 is 103 Å². The fraction of sp³-hybridized carbons (Fsp3) is 0.455. The summed E-state index contributed by atoms with van der Waals surface area (Å²) in [5, 5.41) is 39.0. The molecule has 0 aromatic heterocycles. The number of hydrogen-bond donors (Lipinski definition) is 7. The van der Waals surface area contributed by atoms with E-state index in [1.807, 2.05) is 42.5 Å². The van der Waals surface area contributed by atoms with E-state index in [2.05, 4.69) is 21.3 Å². The molecule has 260 valence electrons. The lowest BCUT2D eigenvalue weighted by atomic mass is 9.97. The van der Waals surface area contributed by atoms with Crippen LogP contribution >= 0.6 is 0 Å². The minimum absolute atomic E-state index is 0.0325. The van der Waals surface area contributed by atoms with Crippen molar-refractivity contribution in [2.45, 2.75) is 89.9 Å². The number of fused-ring (bicyclic) bond motifs is 1. The van der Waals surface area contributed by atoms with Crippen LogP contribution < -0.4 is 21.3 Å². The Morgan fingerprint density at radius 3 is 1.83 bits per heavy atom. The number of aliphatic carboxylic acids is 3. The zero-order chi connectivity index (χ0) is 36.0. The van der Waals surface area contributed by atoms with E-state index in [1.165, 1.54) is 0 Å². The number of hydrogen-bond acceptors (Lipinski definition) is 8. The quantitative estimate of drug-likeness (QED) is 0.105. The number of carbonyl (C=O) groups excluding carboxylic acids is 5. The fourth-order valence-corrected chi connectivity index (χ4v) is 5.05. The number of amides is 4. The van der Waals surface area contributed by atoms with Gasteiger partial charge in [-0.3, -0.25) is 38.4 Å². The number of carbonyl (C=O) groups is 8. The molecule has 0 aliphatic rings. The van der Waals surface area contributed by atoms with Crippen molar-refractivity contribution in [3.63, 3.8) is 0 Å². The molecule has 4 atom stereocenters. The van der Waals surface area contributed by atoms with Crippen LogP contribution in [0.15, 0.2) is 42.5 Å².